The van der Waals surface area contributed by atoms with Gasteiger partial charge in [-0.1, -0.05) is 12.2 Å². The molecule has 0 spiro atoms. The summed E-state index contributed by atoms with van der Waals surface area (Å²) in [7, 11) is 0. The van der Waals surface area contributed by atoms with Crippen molar-refractivity contribution in [3.63, 3.8) is 0 Å². The van der Waals surface area contributed by atoms with E-state index in [4.69, 9.17) is 10.8 Å². The van der Waals surface area contributed by atoms with Crippen molar-refractivity contribution in [2.75, 3.05) is 5.32 Å². The lowest BCUT2D eigenvalue weighted by atomic mass is 10.1. The third-order valence-electron chi connectivity index (χ3n) is 2.77. The molecule has 1 aromatic rings. The van der Waals surface area contributed by atoms with Crippen LogP contribution in [-0.4, -0.2) is 27.4 Å². The molecule has 1 heterocycles. The number of aromatic nitrogens is 1. The summed E-state index contributed by atoms with van der Waals surface area (Å²) in [6.45, 7) is 1.60. The van der Waals surface area contributed by atoms with Crippen molar-refractivity contribution in [2.24, 2.45) is 11.7 Å². The number of hydrogen-bond acceptors (Lipinski definition) is 5. The summed E-state index contributed by atoms with van der Waals surface area (Å²) in [5.74, 6) is -1.63. The molecule has 0 fully saturated rings. The first-order chi connectivity index (χ1) is 8.49. The highest BCUT2D eigenvalue weighted by Crippen LogP contribution is 2.26. The number of nitrogens with one attached hydrogen (secondary N) is 1. The van der Waals surface area contributed by atoms with Gasteiger partial charge >= 0.3 is 5.97 Å². The Labute approximate surface area is 108 Å². The Bertz CT molecular complexity index is 524. The monoisotopic (exact) mass is 267 g/mol. The summed E-state index contributed by atoms with van der Waals surface area (Å²) in [6.07, 6.45) is 4.07. The molecule has 0 bridgehead atoms. The molecule has 1 aromatic heterocycles. The predicted octanol–water partition coefficient (Wildman–Crippen LogP) is 0.992. The molecule has 0 aromatic carbocycles. The van der Waals surface area contributed by atoms with E-state index < -0.39 is 5.97 Å². The number of aromatic carboxylic acids is 1. The number of carbonyl (C=O) groups excluding carboxylic acids is 1. The summed E-state index contributed by atoms with van der Waals surface area (Å²) in [6, 6.07) is -0.108. The molecule has 4 N–H and O–H groups in total. The maximum absolute atomic E-state index is 11.9. The largest absolute Gasteiger partial charge is 0.478 e. The maximum Gasteiger partial charge on any atom is 0.340 e. The quantitative estimate of drug-likeness (QED) is 0.708. The second-order valence-corrected chi connectivity index (χ2v) is 4.93. The molecule has 2 unspecified atom stereocenters. The van der Waals surface area contributed by atoms with E-state index in [9.17, 15) is 9.59 Å². The normalized spacial score (nSPS) is 22.1. The zero-order valence-corrected chi connectivity index (χ0v) is 10.5. The van der Waals surface area contributed by atoms with Gasteiger partial charge in [-0.05, 0) is 24.9 Å². The van der Waals surface area contributed by atoms with Gasteiger partial charge in [0.1, 0.15) is 10.6 Å². The highest BCUT2D eigenvalue weighted by Gasteiger charge is 2.25. The number of aryl methyl sites for hydroxylation is 1. The van der Waals surface area contributed by atoms with E-state index in [0.717, 1.165) is 11.5 Å². The first-order valence-corrected chi connectivity index (χ1v) is 6.20. The van der Waals surface area contributed by atoms with Gasteiger partial charge in [-0.3, -0.25) is 4.79 Å². The number of carbonyl (C=O) groups is 2. The zero-order valence-electron chi connectivity index (χ0n) is 9.71. The van der Waals surface area contributed by atoms with Gasteiger partial charge in [0.15, 0.2) is 0 Å². The van der Waals surface area contributed by atoms with Crippen LogP contribution in [0, 0.1) is 12.8 Å². The van der Waals surface area contributed by atoms with Gasteiger partial charge in [0.25, 0.3) is 0 Å². The number of amides is 1. The van der Waals surface area contributed by atoms with Gasteiger partial charge in [-0.15, -0.1) is 0 Å². The lowest BCUT2D eigenvalue weighted by molar-refractivity contribution is -0.118. The van der Waals surface area contributed by atoms with Crippen molar-refractivity contribution in [1.82, 2.24) is 4.37 Å². The number of nitrogens with two attached hydrogens (primary N) is 1. The highest BCUT2D eigenvalue weighted by atomic mass is 32.1. The first-order valence-electron chi connectivity index (χ1n) is 5.43. The van der Waals surface area contributed by atoms with Crippen LogP contribution < -0.4 is 11.1 Å². The van der Waals surface area contributed by atoms with Crippen LogP contribution in [-0.2, 0) is 4.79 Å². The fraction of sp³-hybridized carbons (Fsp3) is 0.364. The smallest absolute Gasteiger partial charge is 0.340 e. The minimum atomic E-state index is -1.09. The van der Waals surface area contributed by atoms with Gasteiger partial charge in [0.2, 0.25) is 5.91 Å². The standard InChI is InChI=1S/C11H13N3O3S/c1-5-8(11(16)17)10(18-14-5)13-9(15)6-2-3-7(12)4-6/h2-3,6-7H,4,12H2,1H3,(H,13,15)(H,16,17). The molecule has 1 aliphatic rings. The molecular weight excluding hydrogens is 254 g/mol. The predicted molar refractivity (Wildman–Crippen MR) is 67.7 cm³/mol. The Morgan fingerprint density at radius 2 is 2.28 bits per heavy atom. The maximum atomic E-state index is 11.9. The van der Waals surface area contributed by atoms with Crippen molar-refractivity contribution >= 4 is 28.4 Å². The molecule has 1 amide bonds. The van der Waals surface area contributed by atoms with Crippen LogP contribution in [0.15, 0.2) is 12.2 Å². The minimum absolute atomic E-state index is 0.0552. The van der Waals surface area contributed by atoms with Crippen LogP contribution in [0.4, 0.5) is 5.00 Å². The van der Waals surface area contributed by atoms with Crippen LogP contribution in [0.3, 0.4) is 0 Å². The van der Waals surface area contributed by atoms with E-state index in [2.05, 4.69) is 9.69 Å². The van der Waals surface area contributed by atoms with E-state index in [1.54, 1.807) is 19.1 Å². The number of nitrogens with zero attached hydrogens (tertiary/aromatic N) is 1. The molecule has 0 saturated carbocycles. The van der Waals surface area contributed by atoms with Crippen molar-refractivity contribution < 1.29 is 14.7 Å². The van der Waals surface area contributed by atoms with Gasteiger partial charge in [0.05, 0.1) is 11.6 Å². The molecule has 0 radical (unpaired) electrons. The lowest BCUT2D eigenvalue weighted by Crippen LogP contribution is -2.24. The molecule has 6 nitrogen and oxygen atoms in total. The van der Waals surface area contributed by atoms with Gasteiger partial charge in [-0.25, -0.2) is 4.79 Å². The fourth-order valence-electron chi connectivity index (χ4n) is 1.83. The number of anilines is 1. The minimum Gasteiger partial charge on any atom is -0.478 e. The lowest BCUT2D eigenvalue weighted by Gasteiger charge is -2.09. The molecular formula is C11H13N3O3S. The van der Waals surface area contributed by atoms with Crippen molar-refractivity contribution in [3.05, 3.63) is 23.4 Å². The molecule has 18 heavy (non-hydrogen) atoms. The third-order valence-corrected chi connectivity index (χ3v) is 3.62. The zero-order chi connectivity index (χ0) is 13.3. The van der Waals surface area contributed by atoms with Crippen LogP contribution in [0.25, 0.3) is 0 Å². The fourth-order valence-corrected chi connectivity index (χ4v) is 2.63. The van der Waals surface area contributed by atoms with Gasteiger partial charge in [0, 0.05) is 6.04 Å². The van der Waals surface area contributed by atoms with Gasteiger partial charge in [-0.2, -0.15) is 4.37 Å². The van der Waals surface area contributed by atoms with Gasteiger partial charge < -0.3 is 16.2 Å². The molecule has 2 rings (SSSR count). The third kappa shape index (κ3) is 2.41. The second-order valence-electron chi connectivity index (χ2n) is 4.16. The van der Waals surface area contributed by atoms with Crippen LogP contribution in [0.2, 0.25) is 0 Å². The summed E-state index contributed by atoms with van der Waals surface area (Å²) >= 11 is 0.974. The Hall–Kier alpha value is -1.73. The molecule has 0 aliphatic heterocycles. The summed E-state index contributed by atoms with van der Waals surface area (Å²) in [5, 5.41) is 11.9. The number of carboxylic acids is 1. The Morgan fingerprint density at radius 1 is 1.56 bits per heavy atom. The Morgan fingerprint density at radius 3 is 2.83 bits per heavy atom. The van der Waals surface area contributed by atoms with Crippen molar-refractivity contribution in [1.29, 1.82) is 0 Å². The summed E-state index contributed by atoms with van der Waals surface area (Å²) in [4.78, 5) is 23.0. The molecule has 0 saturated heterocycles. The van der Waals surface area contributed by atoms with E-state index >= 15 is 0 Å². The number of rotatable bonds is 3. The topological polar surface area (TPSA) is 105 Å². The van der Waals surface area contributed by atoms with Crippen molar-refractivity contribution in [2.45, 2.75) is 19.4 Å². The average Bonchev–Trinajstić information content (AvgIpc) is 2.85. The SMILES string of the molecule is Cc1nsc(NC(=O)C2C=CC(N)C2)c1C(=O)O. The number of hydrogen-bond donors (Lipinski definition) is 3. The summed E-state index contributed by atoms with van der Waals surface area (Å²) < 4.78 is 3.94. The molecule has 1 aliphatic carbocycles. The van der Waals surface area contributed by atoms with Crippen LogP contribution in [0.1, 0.15) is 22.5 Å². The highest BCUT2D eigenvalue weighted by molar-refractivity contribution is 7.11. The summed E-state index contributed by atoms with van der Waals surface area (Å²) in [5.41, 5.74) is 6.13. The van der Waals surface area contributed by atoms with E-state index in [1.165, 1.54) is 0 Å². The van der Waals surface area contributed by atoms with Crippen LogP contribution >= 0.6 is 11.5 Å². The average molecular weight is 267 g/mol. The molecule has 2 atom stereocenters. The van der Waals surface area contributed by atoms with Crippen LogP contribution in [0.5, 0.6) is 0 Å². The van der Waals surface area contributed by atoms with E-state index in [1.807, 2.05) is 0 Å². The first kappa shape index (κ1) is 12.7. The molecule has 7 heteroatoms. The van der Waals surface area contributed by atoms with Crippen molar-refractivity contribution in [3.8, 4) is 0 Å². The number of carboxylic acid groups (broad SMARTS) is 1. The molecule has 96 valence electrons. The second kappa shape index (κ2) is 4.87. The van der Waals surface area contributed by atoms with E-state index in [-0.39, 0.29) is 28.4 Å². The Balaban J connectivity index is 2.13. The Kier molecular flexibility index (Phi) is 3.44. The van der Waals surface area contributed by atoms with E-state index in [0.29, 0.717) is 12.1 Å².